The van der Waals surface area contributed by atoms with Crippen LogP contribution in [-0.4, -0.2) is 30.0 Å². The number of aromatic nitrogens is 2. The van der Waals surface area contributed by atoms with Gasteiger partial charge in [-0.2, -0.15) is 0 Å². The molecule has 6 nitrogen and oxygen atoms in total. The Bertz CT molecular complexity index is 336. The normalized spacial score (nSPS) is 11.4. The zero-order valence-electron chi connectivity index (χ0n) is 7.48. The fourth-order valence-corrected chi connectivity index (χ4v) is 0.873. The number of aliphatic imine (C=N–C) groups is 1. The zero-order chi connectivity index (χ0) is 9.84. The van der Waals surface area contributed by atoms with Crippen LogP contribution < -0.4 is 11.5 Å². The molecule has 0 unspecified atom stereocenters. The summed E-state index contributed by atoms with van der Waals surface area (Å²) in [5.74, 6) is 0.565. The lowest BCUT2D eigenvalue weighted by Crippen LogP contribution is -2.12. The molecule has 0 aliphatic rings. The first-order valence-electron chi connectivity index (χ1n) is 3.57. The highest BCUT2D eigenvalue weighted by molar-refractivity contribution is 5.98. The molecule has 0 radical (unpaired) electrons. The summed E-state index contributed by atoms with van der Waals surface area (Å²) in [7, 11) is 3.07. The van der Waals surface area contributed by atoms with Crippen molar-refractivity contribution in [3.8, 4) is 0 Å². The summed E-state index contributed by atoms with van der Waals surface area (Å²) >= 11 is 0. The minimum Gasteiger partial charge on any atom is -0.480 e. The van der Waals surface area contributed by atoms with Crippen LogP contribution in [0.15, 0.2) is 11.3 Å². The summed E-state index contributed by atoms with van der Waals surface area (Å²) in [6.45, 7) is 0. The summed E-state index contributed by atoms with van der Waals surface area (Å²) in [5, 5.41) is 0. The number of rotatable bonds is 1. The molecule has 0 aromatic carbocycles. The van der Waals surface area contributed by atoms with E-state index < -0.39 is 0 Å². The SMILES string of the molecule is CN=C(OC)c1ncnc(N)c1N. The van der Waals surface area contributed by atoms with Gasteiger partial charge in [-0.15, -0.1) is 0 Å². The molecule has 70 valence electrons. The lowest BCUT2D eigenvalue weighted by Gasteiger charge is -2.06. The molecule has 0 saturated carbocycles. The quantitative estimate of drug-likeness (QED) is 0.456. The Hall–Kier alpha value is -1.85. The Morgan fingerprint density at radius 3 is 2.69 bits per heavy atom. The van der Waals surface area contributed by atoms with E-state index in [1.807, 2.05) is 0 Å². The van der Waals surface area contributed by atoms with Gasteiger partial charge in [-0.3, -0.25) is 4.99 Å². The van der Waals surface area contributed by atoms with Crippen molar-refractivity contribution >= 4 is 17.4 Å². The standard InChI is InChI=1S/C7H11N5O/c1-10-7(13-2)5-4(8)6(9)12-3-11-5/h3H,8H2,1-2H3,(H2,9,11,12). The van der Waals surface area contributed by atoms with E-state index in [2.05, 4.69) is 15.0 Å². The van der Waals surface area contributed by atoms with Gasteiger partial charge < -0.3 is 16.2 Å². The molecule has 4 N–H and O–H groups in total. The smallest absolute Gasteiger partial charge is 0.237 e. The third-order valence-corrected chi connectivity index (χ3v) is 1.51. The second-order valence-corrected chi connectivity index (χ2v) is 2.25. The van der Waals surface area contributed by atoms with Gasteiger partial charge in [-0.05, 0) is 0 Å². The molecule has 0 spiro atoms. The number of hydrogen-bond donors (Lipinski definition) is 2. The summed E-state index contributed by atoms with van der Waals surface area (Å²) < 4.78 is 4.95. The molecule has 0 saturated heterocycles. The summed E-state index contributed by atoms with van der Waals surface area (Å²) in [6.07, 6.45) is 1.31. The molecule has 0 aliphatic carbocycles. The second kappa shape index (κ2) is 3.70. The molecule has 6 heteroatoms. The maximum absolute atomic E-state index is 5.62. The van der Waals surface area contributed by atoms with E-state index in [-0.39, 0.29) is 11.5 Å². The van der Waals surface area contributed by atoms with Gasteiger partial charge in [0.15, 0.2) is 11.5 Å². The Labute approximate surface area is 75.7 Å². The van der Waals surface area contributed by atoms with Gasteiger partial charge in [0.25, 0.3) is 0 Å². The first kappa shape index (κ1) is 9.24. The van der Waals surface area contributed by atoms with Crippen molar-refractivity contribution in [1.29, 1.82) is 0 Å². The molecule has 0 amide bonds. The lowest BCUT2D eigenvalue weighted by molar-refractivity contribution is 0.402. The number of nitrogens with zero attached hydrogens (tertiary/aromatic N) is 3. The average molecular weight is 181 g/mol. The fraction of sp³-hybridized carbons (Fsp3) is 0.286. The average Bonchev–Trinajstić information content (AvgIpc) is 2.14. The largest absolute Gasteiger partial charge is 0.480 e. The minimum absolute atomic E-state index is 0.225. The maximum atomic E-state index is 5.62. The van der Waals surface area contributed by atoms with E-state index >= 15 is 0 Å². The van der Waals surface area contributed by atoms with E-state index in [4.69, 9.17) is 16.2 Å². The first-order valence-corrected chi connectivity index (χ1v) is 3.57. The number of anilines is 2. The number of methoxy groups -OCH3 is 1. The molecule has 13 heavy (non-hydrogen) atoms. The van der Waals surface area contributed by atoms with Crippen LogP contribution in [0.4, 0.5) is 11.5 Å². The van der Waals surface area contributed by atoms with Crippen LogP contribution in [0.2, 0.25) is 0 Å². The maximum Gasteiger partial charge on any atom is 0.237 e. The Morgan fingerprint density at radius 1 is 1.46 bits per heavy atom. The fourth-order valence-electron chi connectivity index (χ4n) is 0.873. The molecule has 0 fully saturated rings. The van der Waals surface area contributed by atoms with Crippen LogP contribution in [0.3, 0.4) is 0 Å². The zero-order valence-corrected chi connectivity index (χ0v) is 7.48. The minimum atomic E-state index is 0.225. The molecule has 0 atom stereocenters. The molecule has 1 aromatic rings. The monoisotopic (exact) mass is 181 g/mol. The van der Waals surface area contributed by atoms with E-state index in [1.165, 1.54) is 13.4 Å². The van der Waals surface area contributed by atoms with E-state index in [1.54, 1.807) is 7.05 Å². The predicted octanol–water partition coefficient (Wildman–Crippen LogP) is -0.336. The summed E-state index contributed by atoms with van der Waals surface area (Å²) in [6, 6.07) is 0. The number of nitrogen functional groups attached to an aromatic ring is 2. The van der Waals surface area contributed by atoms with Crippen molar-refractivity contribution in [3.63, 3.8) is 0 Å². The van der Waals surface area contributed by atoms with Gasteiger partial charge in [-0.25, -0.2) is 9.97 Å². The van der Waals surface area contributed by atoms with Crippen LogP contribution in [0.5, 0.6) is 0 Å². The van der Waals surface area contributed by atoms with Gasteiger partial charge >= 0.3 is 0 Å². The number of nitrogens with two attached hydrogens (primary N) is 2. The van der Waals surface area contributed by atoms with Crippen molar-refractivity contribution in [2.45, 2.75) is 0 Å². The Balaban J connectivity index is 3.22. The van der Waals surface area contributed by atoms with Gasteiger partial charge in [-0.1, -0.05) is 0 Å². The highest BCUT2D eigenvalue weighted by Gasteiger charge is 2.11. The van der Waals surface area contributed by atoms with Crippen molar-refractivity contribution in [2.24, 2.45) is 4.99 Å². The molecular formula is C7H11N5O. The second-order valence-electron chi connectivity index (χ2n) is 2.25. The highest BCUT2D eigenvalue weighted by Crippen LogP contribution is 2.14. The van der Waals surface area contributed by atoms with Gasteiger partial charge in [0, 0.05) is 7.05 Å². The Kier molecular flexibility index (Phi) is 2.63. The van der Waals surface area contributed by atoms with E-state index in [0.29, 0.717) is 11.6 Å². The van der Waals surface area contributed by atoms with Crippen LogP contribution in [0.1, 0.15) is 5.69 Å². The molecule has 1 aromatic heterocycles. The van der Waals surface area contributed by atoms with Crippen LogP contribution in [0.25, 0.3) is 0 Å². The number of hydrogen-bond acceptors (Lipinski definition) is 6. The van der Waals surface area contributed by atoms with Crippen LogP contribution in [-0.2, 0) is 4.74 Å². The molecule has 1 rings (SSSR count). The third-order valence-electron chi connectivity index (χ3n) is 1.51. The molecule has 0 bridgehead atoms. The topological polar surface area (TPSA) is 99.4 Å². The molecular weight excluding hydrogens is 170 g/mol. The van der Waals surface area contributed by atoms with E-state index in [9.17, 15) is 0 Å². The first-order chi connectivity index (χ1) is 6.20. The van der Waals surface area contributed by atoms with Crippen molar-refractivity contribution < 1.29 is 4.74 Å². The Morgan fingerprint density at radius 2 is 2.15 bits per heavy atom. The predicted molar refractivity (Wildman–Crippen MR) is 50.3 cm³/mol. The van der Waals surface area contributed by atoms with E-state index in [0.717, 1.165) is 0 Å². The van der Waals surface area contributed by atoms with Gasteiger partial charge in [0.05, 0.1) is 7.11 Å². The lowest BCUT2D eigenvalue weighted by atomic mass is 10.3. The van der Waals surface area contributed by atoms with Crippen molar-refractivity contribution in [2.75, 3.05) is 25.6 Å². The highest BCUT2D eigenvalue weighted by atomic mass is 16.5. The van der Waals surface area contributed by atoms with Crippen molar-refractivity contribution in [3.05, 3.63) is 12.0 Å². The number of ether oxygens (including phenoxy) is 1. The van der Waals surface area contributed by atoms with Gasteiger partial charge in [0.2, 0.25) is 5.90 Å². The molecule has 1 heterocycles. The van der Waals surface area contributed by atoms with Gasteiger partial charge in [0.1, 0.15) is 12.0 Å². The van der Waals surface area contributed by atoms with Crippen molar-refractivity contribution in [1.82, 2.24) is 9.97 Å². The third kappa shape index (κ3) is 1.66. The van der Waals surface area contributed by atoms with Crippen LogP contribution >= 0.6 is 0 Å². The summed E-state index contributed by atoms with van der Waals surface area (Å²) in [4.78, 5) is 11.5. The summed E-state index contributed by atoms with van der Waals surface area (Å²) in [5.41, 5.74) is 11.8. The van der Waals surface area contributed by atoms with Crippen LogP contribution in [0, 0.1) is 0 Å². The molecule has 0 aliphatic heterocycles.